The maximum absolute atomic E-state index is 12.7. The highest BCUT2D eigenvalue weighted by molar-refractivity contribution is 5.95. The number of esters is 1. The molecule has 1 amide bonds. The number of rotatable bonds is 9. The summed E-state index contributed by atoms with van der Waals surface area (Å²) in [4.78, 5) is 24.2. The molecule has 35 heavy (non-hydrogen) atoms. The highest BCUT2D eigenvalue weighted by atomic mass is 16.7. The molecule has 2 heterocycles. The van der Waals surface area contributed by atoms with Crippen LogP contribution in [-0.2, 0) is 20.6 Å². The molecular weight excluding hydrogens is 462 g/mol. The van der Waals surface area contributed by atoms with E-state index in [1.807, 2.05) is 6.07 Å². The van der Waals surface area contributed by atoms with E-state index in [1.165, 1.54) is 35.5 Å². The van der Waals surface area contributed by atoms with Crippen LogP contribution in [0.15, 0.2) is 18.2 Å². The van der Waals surface area contributed by atoms with Crippen LogP contribution in [-0.4, -0.2) is 60.9 Å². The van der Waals surface area contributed by atoms with Crippen LogP contribution < -0.4 is 29.0 Å². The van der Waals surface area contributed by atoms with Crippen molar-refractivity contribution in [3.63, 3.8) is 0 Å². The van der Waals surface area contributed by atoms with Gasteiger partial charge in [-0.25, -0.2) is 9.59 Å². The highest BCUT2D eigenvalue weighted by Crippen LogP contribution is 2.59. The number of carbonyl (C=O) groups is 2. The summed E-state index contributed by atoms with van der Waals surface area (Å²) < 4.78 is 43.5. The Kier molecular flexibility index (Phi) is 7.06. The van der Waals surface area contributed by atoms with Crippen molar-refractivity contribution in [2.45, 2.75) is 18.6 Å². The summed E-state index contributed by atoms with van der Waals surface area (Å²) in [5.41, 5.74) is 2.36. The summed E-state index contributed by atoms with van der Waals surface area (Å²) in [6, 6.07) is 5.29. The number of benzene rings is 2. The molecule has 0 saturated carbocycles. The number of carbonyl (C=O) groups excluding carboxylic acids is 2. The Labute approximate surface area is 202 Å². The van der Waals surface area contributed by atoms with Crippen molar-refractivity contribution in [1.29, 1.82) is 0 Å². The zero-order chi connectivity index (χ0) is 25.1. The van der Waals surface area contributed by atoms with E-state index in [0.717, 1.165) is 11.1 Å². The lowest BCUT2D eigenvalue weighted by molar-refractivity contribution is 0.0594. The molecule has 0 unspecified atom stereocenters. The van der Waals surface area contributed by atoms with Gasteiger partial charge in [0.25, 0.3) is 0 Å². The Bertz CT molecular complexity index is 1130. The van der Waals surface area contributed by atoms with Crippen LogP contribution in [0.3, 0.4) is 0 Å². The van der Waals surface area contributed by atoms with Gasteiger partial charge in [-0.1, -0.05) is 6.07 Å². The molecule has 188 valence electrons. The third-order valence-electron chi connectivity index (χ3n) is 5.85. The quantitative estimate of drug-likeness (QED) is 0.415. The molecular formula is C24H27NO10. The number of amides is 1. The zero-order valence-electron chi connectivity index (χ0n) is 20.1. The van der Waals surface area contributed by atoms with Gasteiger partial charge in [0.15, 0.2) is 23.0 Å². The molecule has 0 aromatic heterocycles. The number of alkyl carbamates (subject to hydrolysis) is 1. The molecule has 0 spiro atoms. The molecule has 0 aliphatic carbocycles. The average Bonchev–Trinajstić information content (AvgIpc) is 3.53. The van der Waals surface area contributed by atoms with Gasteiger partial charge in [0.05, 0.1) is 35.5 Å². The maximum Gasteiger partial charge on any atom is 0.406 e. The molecule has 0 bridgehead atoms. The van der Waals surface area contributed by atoms with Gasteiger partial charge in [0.1, 0.15) is 17.8 Å². The maximum atomic E-state index is 12.7. The van der Waals surface area contributed by atoms with Crippen molar-refractivity contribution < 1.29 is 47.5 Å². The Balaban J connectivity index is 1.74. The van der Waals surface area contributed by atoms with E-state index in [0.29, 0.717) is 41.5 Å². The lowest BCUT2D eigenvalue weighted by Gasteiger charge is -2.16. The van der Waals surface area contributed by atoms with Crippen LogP contribution in [0.5, 0.6) is 28.7 Å². The van der Waals surface area contributed by atoms with Gasteiger partial charge in [-0.05, 0) is 24.1 Å². The smallest absolute Gasteiger partial charge is 0.406 e. The molecule has 2 atom stereocenters. The first-order valence-electron chi connectivity index (χ1n) is 10.8. The molecule has 2 aromatic carbocycles. The lowest BCUT2D eigenvalue weighted by atomic mass is 9.93. The van der Waals surface area contributed by atoms with Crippen molar-refractivity contribution in [1.82, 2.24) is 5.32 Å². The zero-order valence-corrected chi connectivity index (χ0v) is 20.1. The second-order valence-corrected chi connectivity index (χ2v) is 7.62. The summed E-state index contributed by atoms with van der Waals surface area (Å²) in [7, 11) is 7.07. The molecule has 1 N–H and O–H groups in total. The van der Waals surface area contributed by atoms with Crippen LogP contribution in [0.4, 0.5) is 4.79 Å². The van der Waals surface area contributed by atoms with E-state index in [9.17, 15) is 9.59 Å². The monoisotopic (exact) mass is 489 g/mol. The molecule has 0 radical (unpaired) electrons. The van der Waals surface area contributed by atoms with Crippen molar-refractivity contribution in [2.75, 3.05) is 48.9 Å². The van der Waals surface area contributed by atoms with Gasteiger partial charge in [-0.15, -0.1) is 0 Å². The van der Waals surface area contributed by atoms with Crippen LogP contribution in [0.25, 0.3) is 0 Å². The van der Waals surface area contributed by atoms with Crippen LogP contribution in [0.2, 0.25) is 0 Å². The number of epoxide rings is 1. The van der Waals surface area contributed by atoms with Crippen LogP contribution in [0, 0.1) is 0 Å². The highest BCUT2D eigenvalue weighted by Gasteiger charge is 2.48. The number of methoxy groups -OCH3 is 5. The van der Waals surface area contributed by atoms with Crippen molar-refractivity contribution in [3.05, 3.63) is 40.5 Å². The average molecular weight is 489 g/mol. The van der Waals surface area contributed by atoms with Crippen molar-refractivity contribution >= 4 is 12.1 Å². The van der Waals surface area contributed by atoms with Crippen LogP contribution in [0.1, 0.15) is 39.3 Å². The number of hydrogen-bond donors (Lipinski definition) is 1. The molecule has 11 heteroatoms. The minimum absolute atomic E-state index is 0.0616. The fraction of sp³-hybridized carbons (Fsp3) is 0.417. The number of ether oxygens (including phenoxy) is 8. The summed E-state index contributed by atoms with van der Waals surface area (Å²) in [6.07, 6.45) is -1.05. The fourth-order valence-electron chi connectivity index (χ4n) is 4.23. The number of nitrogens with one attached hydrogen (secondary N) is 1. The Morgan fingerprint density at radius 3 is 2.40 bits per heavy atom. The predicted octanol–water partition coefficient (Wildman–Crippen LogP) is 2.94. The number of hydrogen-bond acceptors (Lipinski definition) is 10. The van der Waals surface area contributed by atoms with E-state index < -0.39 is 24.3 Å². The molecule has 4 rings (SSSR count). The first-order valence-corrected chi connectivity index (χ1v) is 10.8. The predicted molar refractivity (Wildman–Crippen MR) is 121 cm³/mol. The number of fused-ring (bicyclic) bond motifs is 1. The second kappa shape index (κ2) is 10.2. The van der Waals surface area contributed by atoms with Gasteiger partial charge in [0, 0.05) is 17.7 Å². The van der Waals surface area contributed by atoms with Crippen molar-refractivity contribution in [3.8, 4) is 28.7 Å². The van der Waals surface area contributed by atoms with Gasteiger partial charge < -0.3 is 43.2 Å². The van der Waals surface area contributed by atoms with E-state index in [4.69, 9.17) is 33.2 Å². The van der Waals surface area contributed by atoms with E-state index in [2.05, 4.69) is 10.1 Å². The molecule has 1 fully saturated rings. The SMILES string of the molecule is COC(=O)NCCc1cc2c(c(OC)c1[C@H]1O[C@@H]1c1ccc(OC)c(OC)c1C(=O)OC)OCO2. The second-order valence-electron chi connectivity index (χ2n) is 7.62. The first-order chi connectivity index (χ1) is 17.0. The summed E-state index contributed by atoms with van der Waals surface area (Å²) in [5, 5.41) is 2.67. The van der Waals surface area contributed by atoms with Crippen LogP contribution >= 0.6 is 0 Å². The van der Waals surface area contributed by atoms with Gasteiger partial charge >= 0.3 is 12.1 Å². The first kappa shape index (κ1) is 24.3. The summed E-state index contributed by atoms with van der Waals surface area (Å²) in [5.74, 6) is 1.56. The van der Waals surface area contributed by atoms with Gasteiger partial charge in [-0.3, -0.25) is 0 Å². The Morgan fingerprint density at radius 1 is 0.971 bits per heavy atom. The lowest BCUT2D eigenvalue weighted by Crippen LogP contribution is -2.25. The van der Waals surface area contributed by atoms with E-state index in [1.54, 1.807) is 12.1 Å². The molecule has 2 aliphatic rings. The standard InChI is InChI=1S/C24H27NO10/c1-28-14-7-6-13(17(19(14)29-2)23(26)31-4)18-22(35-18)16-12(8-9-25-24(27)32-5)10-15-20(21(16)30-3)34-11-33-15/h6-7,10,18,22H,8-9,11H2,1-5H3,(H,25,27)/t18-,22-/m1/s1. The van der Waals surface area contributed by atoms with Gasteiger partial charge in [-0.2, -0.15) is 0 Å². The van der Waals surface area contributed by atoms with E-state index in [-0.39, 0.29) is 18.1 Å². The summed E-state index contributed by atoms with van der Waals surface area (Å²) in [6.45, 7) is 0.371. The third kappa shape index (κ3) is 4.46. The summed E-state index contributed by atoms with van der Waals surface area (Å²) >= 11 is 0. The third-order valence-corrected chi connectivity index (χ3v) is 5.85. The Hall–Kier alpha value is -3.86. The Morgan fingerprint density at radius 2 is 1.74 bits per heavy atom. The van der Waals surface area contributed by atoms with E-state index >= 15 is 0 Å². The minimum atomic E-state index is -0.579. The molecule has 2 aromatic rings. The normalized spacial score (nSPS) is 17.4. The fourth-order valence-corrected chi connectivity index (χ4v) is 4.23. The minimum Gasteiger partial charge on any atom is -0.493 e. The largest absolute Gasteiger partial charge is 0.493 e. The molecule has 11 nitrogen and oxygen atoms in total. The molecule has 1 saturated heterocycles. The van der Waals surface area contributed by atoms with Crippen molar-refractivity contribution in [2.24, 2.45) is 0 Å². The van der Waals surface area contributed by atoms with Gasteiger partial charge in [0.2, 0.25) is 12.5 Å². The molecule has 2 aliphatic heterocycles. The topological polar surface area (TPSA) is 123 Å².